The second kappa shape index (κ2) is 10.8. The van der Waals surface area contributed by atoms with Gasteiger partial charge < -0.3 is 14.8 Å². The van der Waals surface area contributed by atoms with Crippen molar-refractivity contribution in [1.29, 1.82) is 0 Å². The summed E-state index contributed by atoms with van der Waals surface area (Å²) in [5.74, 6) is 4.85. The van der Waals surface area contributed by atoms with Gasteiger partial charge in [-0.15, -0.1) is 0 Å². The van der Waals surface area contributed by atoms with Crippen LogP contribution in [0, 0.1) is 23.7 Å². The average Bonchev–Trinajstić information content (AvgIpc) is 2.70. The van der Waals surface area contributed by atoms with Crippen LogP contribution in [-0.2, 0) is 20.7 Å². The zero-order chi connectivity index (χ0) is 21.4. The number of hydrogen-bond donors (Lipinski definition) is 1. The summed E-state index contributed by atoms with van der Waals surface area (Å²) in [6, 6.07) is 4.36. The third kappa shape index (κ3) is 6.44. The van der Waals surface area contributed by atoms with Gasteiger partial charge in [0.05, 0.1) is 7.11 Å². The molecule has 1 amide bonds. The van der Waals surface area contributed by atoms with Gasteiger partial charge in [0.1, 0.15) is 12.1 Å². The molecule has 0 saturated heterocycles. The third-order valence-electron chi connectivity index (χ3n) is 4.49. The van der Waals surface area contributed by atoms with E-state index in [-0.39, 0.29) is 18.1 Å². The predicted molar refractivity (Wildman–Crippen MR) is 113 cm³/mol. The molecule has 0 fully saturated rings. The molecule has 2 unspecified atom stereocenters. The maximum Gasteiger partial charge on any atom is 0.341 e. The van der Waals surface area contributed by atoms with Gasteiger partial charge in [-0.1, -0.05) is 40.2 Å². The number of ether oxygens (including phenoxy) is 2. The smallest absolute Gasteiger partial charge is 0.341 e. The topological polar surface area (TPSA) is 81.7 Å². The van der Waals surface area contributed by atoms with E-state index in [9.17, 15) is 14.4 Å². The lowest BCUT2D eigenvalue weighted by molar-refractivity contribution is -0.143. The fourth-order valence-electron chi connectivity index (χ4n) is 3.07. The fraction of sp³-hybridized carbons (Fsp3) is 0.455. The van der Waals surface area contributed by atoms with Gasteiger partial charge in [-0.2, -0.15) is 0 Å². The highest BCUT2D eigenvalue weighted by Gasteiger charge is 2.30. The van der Waals surface area contributed by atoms with Crippen LogP contribution in [0.25, 0.3) is 0 Å². The van der Waals surface area contributed by atoms with E-state index in [1.807, 2.05) is 19.9 Å². The summed E-state index contributed by atoms with van der Waals surface area (Å²) in [7, 11) is 2.13. The van der Waals surface area contributed by atoms with E-state index in [0.717, 1.165) is 13.8 Å². The Bertz CT molecular complexity index is 852. The molecule has 1 aromatic rings. The van der Waals surface area contributed by atoms with E-state index < -0.39 is 23.8 Å². The number of rotatable bonds is 7. The molecule has 0 bridgehead atoms. The number of esters is 1. The van der Waals surface area contributed by atoms with E-state index in [1.54, 1.807) is 12.1 Å². The van der Waals surface area contributed by atoms with E-state index in [1.165, 1.54) is 7.11 Å². The number of nitrogens with one attached hydrogen (secondary N) is 1. The van der Waals surface area contributed by atoms with Gasteiger partial charge in [0.15, 0.2) is 11.8 Å². The number of fused-ring (bicyclic) bond motifs is 1. The monoisotopic (exact) mass is 415 g/mol. The second-order valence-corrected chi connectivity index (χ2v) is 7.79. The summed E-state index contributed by atoms with van der Waals surface area (Å²) < 4.78 is 10.3. The number of Topliss-reactive ketones (excluding diaryl/α,β-unsaturated/α-hetero) is 1. The first-order valence-corrected chi connectivity index (χ1v) is 10.7. The molecule has 1 aliphatic carbocycles. The van der Waals surface area contributed by atoms with Crippen LogP contribution in [0.1, 0.15) is 42.6 Å². The first-order valence-electron chi connectivity index (χ1n) is 9.46. The van der Waals surface area contributed by atoms with Crippen molar-refractivity contribution in [2.24, 2.45) is 11.8 Å². The van der Waals surface area contributed by atoms with Crippen molar-refractivity contribution >= 4 is 32.2 Å². The maximum atomic E-state index is 12.8. The zero-order valence-corrected chi connectivity index (χ0v) is 17.9. The Kier molecular flexibility index (Phi) is 8.42. The van der Waals surface area contributed by atoms with E-state index in [4.69, 9.17) is 9.47 Å². The minimum absolute atomic E-state index is 0.00770. The number of carbonyl (C=O) groups excluding carboxylic acids is 3. The Morgan fingerprint density at radius 2 is 2.10 bits per heavy atom. The lowest BCUT2D eigenvalue weighted by atomic mass is 9.81. The van der Waals surface area contributed by atoms with Crippen molar-refractivity contribution in [3.63, 3.8) is 0 Å². The van der Waals surface area contributed by atoms with Crippen LogP contribution in [0.15, 0.2) is 18.2 Å². The van der Waals surface area contributed by atoms with Gasteiger partial charge in [-0.25, -0.2) is 4.79 Å². The van der Waals surface area contributed by atoms with Gasteiger partial charge in [0, 0.05) is 23.8 Å². The van der Waals surface area contributed by atoms with Crippen LogP contribution >= 0.6 is 8.20 Å². The van der Waals surface area contributed by atoms with Gasteiger partial charge in [-0.3, -0.25) is 9.59 Å². The molecule has 0 aromatic heterocycles. The number of ketones is 1. The van der Waals surface area contributed by atoms with Crippen LogP contribution < -0.4 is 10.1 Å². The molecular weight excluding hydrogens is 389 g/mol. The molecule has 7 heteroatoms. The van der Waals surface area contributed by atoms with Crippen LogP contribution in [0.3, 0.4) is 0 Å². The lowest BCUT2D eigenvalue weighted by Gasteiger charge is -2.24. The van der Waals surface area contributed by atoms with Crippen molar-refractivity contribution in [3.8, 4) is 17.6 Å². The number of amides is 1. The first-order chi connectivity index (χ1) is 13.8. The van der Waals surface area contributed by atoms with E-state index >= 15 is 0 Å². The molecule has 0 spiro atoms. The number of methoxy groups -OCH3 is 1. The molecule has 1 aliphatic rings. The largest absolute Gasteiger partial charge is 0.485 e. The highest BCUT2D eigenvalue weighted by atomic mass is 31.1. The number of hydrogen-bond acceptors (Lipinski definition) is 5. The Morgan fingerprint density at radius 1 is 1.34 bits per heavy atom. The summed E-state index contributed by atoms with van der Waals surface area (Å²) in [6.07, 6.45) is 5.47. The van der Waals surface area contributed by atoms with Gasteiger partial charge in [0.25, 0.3) is 0 Å². The molecule has 29 heavy (non-hydrogen) atoms. The van der Waals surface area contributed by atoms with E-state index in [0.29, 0.717) is 30.5 Å². The summed E-state index contributed by atoms with van der Waals surface area (Å²) >= 11 is 0. The molecular formula is C22H26NO5P. The average molecular weight is 415 g/mol. The minimum Gasteiger partial charge on any atom is -0.485 e. The first kappa shape index (κ1) is 22.6. The summed E-state index contributed by atoms with van der Waals surface area (Å²) in [5, 5.41) is 2.58. The number of aryl methyl sites for hydroxylation is 1. The molecule has 0 saturated carbocycles. The van der Waals surface area contributed by atoms with Crippen molar-refractivity contribution in [1.82, 2.24) is 5.32 Å². The number of carbonyl (C=O) groups is 3. The second-order valence-electron chi connectivity index (χ2n) is 7.09. The molecule has 2 atom stereocenters. The van der Waals surface area contributed by atoms with Gasteiger partial charge in [0.2, 0.25) is 5.91 Å². The van der Waals surface area contributed by atoms with Gasteiger partial charge in [-0.05, 0) is 36.6 Å². The highest BCUT2D eigenvalue weighted by Crippen LogP contribution is 2.30. The van der Waals surface area contributed by atoms with Crippen molar-refractivity contribution in [2.75, 3.05) is 13.5 Å². The van der Waals surface area contributed by atoms with Crippen LogP contribution in [0.2, 0.25) is 0 Å². The summed E-state index contributed by atoms with van der Waals surface area (Å²) in [5.41, 5.74) is 1.55. The van der Waals surface area contributed by atoms with Crippen LogP contribution in [-0.4, -0.2) is 43.5 Å². The quantitative estimate of drug-likeness (QED) is 0.421. The molecule has 154 valence electrons. The number of benzene rings is 1. The third-order valence-corrected chi connectivity index (χ3v) is 4.80. The minimum atomic E-state index is -1.03. The Morgan fingerprint density at radius 3 is 2.76 bits per heavy atom. The molecule has 1 N–H and O–H groups in total. The van der Waals surface area contributed by atoms with Crippen LogP contribution in [0.5, 0.6) is 5.75 Å². The van der Waals surface area contributed by atoms with Crippen LogP contribution in [0.4, 0.5) is 0 Å². The maximum absolute atomic E-state index is 12.8. The summed E-state index contributed by atoms with van der Waals surface area (Å²) in [6.45, 7) is 3.77. The van der Waals surface area contributed by atoms with Crippen molar-refractivity contribution in [3.05, 3.63) is 29.3 Å². The molecule has 0 radical (unpaired) electrons. The molecule has 6 nitrogen and oxygen atoms in total. The lowest BCUT2D eigenvalue weighted by Crippen LogP contribution is -2.42. The van der Waals surface area contributed by atoms with Crippen molar-refractivity contribution < 1.29 is 23.9 Å². The summed E-state index contributed by atoms with van der Waals surface area (Å²) in [4.78, 5) is 37.1. The van der Waals surface area contributed by atoms with E-state index in [2.05, 4.69) is 23.5 Å². The Hall–Kier alpha value is -2.64. The highest BCUT2D eigenvalue weighted by molar-refractivity contribution is 7.36. The molecule has 1 aromatic carbocycles. The molecule has 0 aliphatic heterocycles. The predicted octanol–water partition coefficient (Wildman–Crippen LogP) is 2.85. The zero-order valence-electron chi connectivity index (χ0n) is 17.0. The molecule has 2 rings (SSSR count). The fourth-order valence-corrected chi connectivity index (χ4v) is 3.31. The standard InChI is InChI=1S/C22H26NO5P/c1-14(2)5-10-19(22(26)27-3)23-20(24)12-16-7-6-15-11-17(28-13-29-4)8-9-18(15)21(16)25/h8-9,11,14,16,19H,4,6-7,12-13H2,1-3H3,(H,23,24). The molecule has 0 heterocycles. The van der Waals surface area contributed by atoms with Crippen molar-refractivity contribution in [2.45, 2.75) is 39.2 Å². The Balaban J connectivity index is 2.04. The van der Waals surface area contributed by atoms with Gasteiger partial charge >= 0.3 is 5.97 Å². The SMILES string of the molecule is C=PCOc1ccc2c(c1)CCC(CC(=O)NC(C#CC(C)C)C(=O)OC)C2=O. The Labute approximate surface area is 173 Å². The normalized spacial score (nSPS) is 16.4.